The van der Waals surface area contributed by atoms with Crippen molar-refractivity contribution in [3.63, 3.8) is 0 Å². The van der Waals surface area contributed by atoms with E-state index in [0.29, 0.717) is 11.1 Å². The quantitative estimate of drug-likeness (QED) is 0.455. The first-order valence-corrected chi connectivity index (χ1v) is 10.5. The summed E-state index contributed by atoms with van der Waals surface area (Å²) in [6, 6.07) is 12.0. The minimum Gasteiger partial charge on any atom is -0.508 e. The highest BCUT2D eigenvalue weighted by molar-refractivity contribution is 5.88. The Morgan fingerprint density at radius 1 is 1.03 bits per heavy atom. The van der Waals surface area contributed by atoms with Crippen LogP contribution in [0.5, 0.6) is 5.75 Å². The third-order valence-corrected chi connectivity index (χ3v) is 5.05. The van der Waals surface area contributed by atoms with Gasteiger partial charge in [-0.2, -0.15) is 0 Å². The van der Waals surface area contributed by atoms with Gasteiger partial charge in [0.15, 0.2) is 0 Å². The summed E-state index contributed by atoms with van der Waals surface area (Å²) in [5.74, 6) is -0.599. The van der Waals surface area contributed by atoms with Gasteiger partial charge in [-0.1, -0.05) is 36.3 Å². The number of esters is 1. The molecule has 0 heterocycles. The zero-order chi connectivity index (χ0) is 21.7. The molecule has 4 heteroatoms. The van der Waals surface area contributed by atoms with Gasteiger partial charge in [0.25, 0.3) is 0 Å². The van der Waals surface area contributed by atoms with Crippen molar-refractivity contribution in [2.75, 3.05) is 0 Å². The number of phenolic OH excluding ortho intramolecular Hbond substituents is 1. The van der Waals surface area contributed by atoms with Crippen molar-refractivity contribution in [3.05, 3.63) is 76.6 Å². The molecule has 0 amide bonds. The number of hydrogen-bond donors (Lipinski definition) is 1. The second kappa shape index (κ2) is 9.29. The number of rotatable bonds is 4. The van der Waals surface area contributed by atoms with Crippen LogP contribution in [0.15, 0.2) is 54.1 Å². The highest BCUT2D eigenvalue weighted by atomic mass is 19.1. The maximum absolute atomic E-state index is 15.2. The lowest BCUT2D eigenvalue weighted by molar-refractivity contribution is -0.148. The molecule has 1 N–H and O–H groups in total. The largest absolute Gasteiger partial charge is 0.508 e. The molecule has 2 aromatic carbocycles. The van der Waals surface area contributed by atoms with E-state index in [9.17, 15) is 9.90 Å². The third-order valence-electron chi connectivity index (χ3n) is 5.05. The molecule has 0 aromatic heterocycles. The molecular weight excluding hydrogens is 379 g/mol. The summed E-state index contributed by atoms with van der Waals surface area (Å²) in [5, 5.41) is 9.65. The van der Waals surface area contributed by atoms with Crippen LogP contribution in [0, 0.1) is 5.82 Å². The second-order valence-corrected chi connectivity index (χ2v) is 8.69. The average Bonchev–Trinajstić information content (AvgIpc) is 2.69. The van der Waals surface area contributed by atoms with Gasteiger partial charge in [0.2, 0.25) is 0 Å². The summed E-state index contributed by atoms with van der Waals surface area (Å²) >= 11 is 0. The molecule has 0 bridgehead atoms. The molecule has 1 aliphatic rings. The number of hydrogen-bond acceptors (Lipinski definition) is 3. The summed E-state index contributed by atoms with van der Waals surface area (Å²) in [4.78, 5) is 11.9. The van der Waals surface area contributed by atoms with Crippen molar-refractivity contribution >= 4 is 17.6 Å². The molecule has 1 saturated carbocycles. The number of carbonyl (C=O) groups excluding carboxylic acids is 1. The summed E-state index contributed by atoms with van der Waals surface area (Å²) in [5.41, 5.74) is 3.65. The molecule has 3 nitrogen and oxygen atoms in total. The standard InChI is InChI=1S/C26H29FO3/c1-26(2,3)30-24(29)16-10-18-9-15-22(23(27)17-18)25(19-7-5-4-6-8-19)20-11-13-21(28)14-12-20/h9-17,28H,4-8H2,1-3H3/b16-10+. The molecule has 0 aliphatic heterocycles. The Kier molecular flexibility index (Phi) is 6.76. The van der Waals surface area contributed by atoms with Gasteiger partial charge in [0.05, 0.1) is 0 Å². The van der Waals surface area contributed by atoms with Crippen LogP contribution < -0.4 is 0 Å². The zero-order valence-corrected chi connectivity index (χ0v) is 17.9. The molecule has 30 heavy (non-hydrogen) atoms. The van der Waals surface area contributed by atoms with Crippen LogP contribution in [-0.2, 0) is 9.53 Å². The highest BCUT2D eigenvalue weighted by Gasteiger charge is 2.18. The van der Waals surface area contributed by atoms with E-state index in [4.69, 9.17) is 4.74 Å². The summed E-state index contributed by atoms with van der Waals surface area (Å²) in [7, 11) is 0. The molecule has 0 unspecified atom stereocenters. The molecule has 158 valence electrons. The normalized spacial score (nSPS) is 14.7. The van der Waals surface area contributed by atoms with Crippen LogP contribution in [0.1, 0.15) is 69.6 Å². The smallest absolute Gasteiger partial charge is 0.331 e. The van der Waals surface area contributed by atoms with Crippen LogP contribution >= 0.6 is 0 Å². The van der Waals surface area contributed by atoms with Crippen molar-refractivity contribution in [3.8, 4) is 5.75 Å². The number of aromatic hydroxyl groups is 1. The van der Waals surface area contributed by atoms with E-state index in [2.05, 4.69) is 0 Å². The van der Waals surface area contributed by atoms with Crippen LogP contribution in [0.3, 0.4) is 0 Å². The van der Waals surface area contributed by atoms with E-state index in [1.165, 1.54) is 24.1 Å². The molecule has 0 atom stereocenters. The molecule has 2 aromatic rings. The summed E-state index contributed by atoms with van der Waals surface area (Å²) in [6.45, 7) is 5.41. The van der Waals surface area contributed by atoms with Gasteiger partial charge in [0, 0.05) is 11.6 Å². The minimum absolute atomic E-state index is 0.190. The Balaban J connectivity index is 1.93. The van der Waals surface area contributed by atoms with Gasteiger partial charge >= 0.3 is 5.97 Å². The van der Waals surface area contributed by atoms with Crippen molar-refractivity contribution in [2.45, 2.75) is 58.5 Å². The Labute approximate surface area is 177 Å². The minimum atomic E-state index is -0.568. The van der Waals surface area contributed by atoms with Crippen LogP contribution in [0.2, 0.25) is 0 Å². The molecule has 1 aliphatic carbocycles. The van der Waals surface area contributed by atoms with Crippen LogP contribution in [0.4, 0.5) is 4.39 Å². The van der Waals surface area contributed by atoms with E-state index in [-0.39, 0.29) is 11.6 Å². The Bertz CT molecular complexity index is 955. The van der Waals surface area contributed by atoms with Crippen molar-refractivity contribution in [2.24, 2.45) is 0 Å². The number of halogens is 1. The van der Waals surface area contributed by atoms with Gasteiger partial charge in [-0.3, -0.25) is 0 Å². The predicted octanol–water partition coefficient (Wildman–Crippen LogP) is 6.65. The van der Waals surface area contributed by atoms with E-state index >= 15 is 4.39 Å². The molecule has 0 spiro atoms. The number of phenols is 1. The maximum Gasteiger partial charge on any atom is 0.331 e. The van der Waals surface area contributed by atoms with Gasteiger partial charge in [-0.25, -0.2) is 9.18 Å². The Morgan fingerprint density at radius 3 is 2.30 bits per heavy atom. The summed E-state index contributed by atoms with van der Waals surface area (Å²) in [6.07, 6.45) is 8.20. The van der Waals surface area contributed by atoms with Gasteiger partial charge < -0.3 is 9.84 Å². The van der Waals surface area contributed by atoms with Crippen molar-refractivity contribution in [1.29, 1.82) is 0 Å². The SMILES string of the molecule is CC(C)(C)OC(=O)/C=C/c1ccc(C(=C2CCCCC2)c2ccc(O)cc2)c(F)c1. The maximum atomic E-state index is 15.2. The van der Waals surface area contributed by atoms with Crippen molar-refractivity contribution < 1.29 is 19.0 Å². The van der Waals surface area contributed by atoms with Gasteiger partial charge in [-0.05, 0) is 87.4 Å². The third kappa shape index (κ3) is 5.82. The fourth-order valence-corrected chi connectivity index (χ4v) is 3.74. The van der Waals surface area contributed by atoms with Crippen molar-refractivity contribution in [1.82, 2.24) is 0 Å². The van der Waals surface area contributed by atoms with E-state index < -0.39 is 11.6 Å². The fourth-order valence-electron chi connectivity index (χ4n) is 3.74. The lowest BCUT2D eigenvalue weighted by Crippen LogP contribution is -2.22. The lowest BCUT2D eigenvalue weighted by Gasteiger charge is -2.21. The lowest BCUT2D eigenvalue weighted by atomic mass is 9.84. The molecule has 0 radical (unpaired) electrons. The zero-order valence-electron chi connectivity index (χ0n) is 17.9. The monoisotopic (exact) mass is 408 g/mol. The first-order chi connectivity index (χ1) is 14.2. The van der Waals surface area contributed by atoms with Gasteiger partial charge in [0.1, 0.15) is 17.2 Å². The number of benzene rings is 2. The molecular formula is C26H29FO3. The first-order valence-electron chi connectivity index (χ1n) is 10.5. The molecule has 1 fully saturated rings. The molecule has 3 rings (SSSR count). The second-order valence-electron chi connectivity index (χ2n) is 8.69. The van der Waals surface area contributed by atoms with E-state index in [1.54, 1.807) is 45.0 Å². The Hall–Kier alpha value is -2.88. The van der Waals surface area contributed by atoms with Gasteiger partial charge in [-0.15, -0.1) is 0 Å². The first kappa shape index (κ1) is 21.8. The number of allylic oxidation sites excluding steroid dienone is 1. The van der Waals surface area contributed by atoms with E-state index in [0.717, 1.165) is 36.8 Å². The predicted molar refractivity (Wildman–Crippen MR) is 118 cm³/mol. The topological polar surface area (TPSA) is 46.5 Å². The highest BCUT2D eigenvalue weighted by Crippen LogP contribution is 2.36. The fraction of sp³-hybridized carbons (Fsp3) is 0.346. The van der Waals surface area contributed by atoms with Crippen LogP contribution in [-0.4, -0.2) is 16.7 Å². The van der Waals surface area contributed by atoms with Crippen LogP contribution in [0.25, 0.3) is 11.6 Å². The Morgan fingerprint density at radius 2 is 1.70 bits per heavy atom. The van der Waals surface area contributed by atoms with E-state index in [1.807, 2.05) is 18.2 Å². The number of carbonyl (C=O) groups is 1. The summed E-state index contributed by atoms with van der Waals surface area (Å²) < 4.78 is 20.4. The average molecular weight is 409 g/mol. The number of ether oxygens (including phenoxy) is 1. The molecule has 0 saturated heterocycles.